The Morgan fingerprint density at radius 1 is 1.33 bits per heavy atom. The molecular weight excluding hydrogens is 370 g/mol. The van der Waals surface area contributed by atoms with E-state index >= 15 is 0 Å². The van der Waals surface area contributed by atoms with E-state index in [0.29, 0.717) is 31.6 Å². The Balaban J connectivity index is 2.12. The lowest BCUT2D eigenvalue weighted by Crippen LogP contribution is -2.44. The molecule has 0 aromatic heterocycles. The van der Waals surface area contributed by atoms with Crippen molar-refractivity contribution in [2.75, 3.05) is 25.0 Å². The molecule has 0 bridgehead atoms. The van der Waals surface area contributed by atoms with Gasteiger partial charge in [0.25, 0.3) is 0 Å². The minimum absolute atomic E-state index is 0.0848. The van der Waals surface area contributed by atoms with E-state index in [2.05, 4.69) is 10.0 Å². The van der Waals surface area contributed by atoms with Crippen LogP contribution in [0.4, 0.5) is 10.5 Å². The second-order valence-corrected chi connectivity index (χ2v) is 8.55. The van der Waals surface area contributed by atoms with E-state index in [0.717, 1.165) is 18.4 Å². The van der Waals surface area contributed by atoms with Crippen LogP contribution in [0.1, 0.15) is 38.2 Å². The molecule has 27 heavy (non-hydrogen) atoms. The average Bonchev–Trinajstić information content (AvgIpc) is 2.63. The minimum Gasteiger partial charge on any atom is -0.481 e. The van der Waals surface area contributed by atoms with Crippen molar-refractivity contribution in [2.24, 2.45) is 5.92 Å². The molecule has 0 radical (unpaired) electrons. The lowest BCUT2D eigenvalue weighted by molar-refractivity contribution is -0.143. The molecule has 3 N–H and O–H groups in total. The maximum Gasteiger partial charge on any atom is 0.321 e. The van der Waals surface area contributed by atoms with Crippen molar-refractivity contribution in [3.05, 3.63) is 23.8 Å². The van der Waals surface area contributed by atoms with Crippen molar-refractivity contribution in [2.45, 2.75) is 44.4 Å². The van der Waals surface area contributed by atoms with E-state index in [1.165, 1.54) is 17.0 Å². The summed E-state index contributed by atoms with van der Waals surface area (Å²) in [5, 5.41) is 11.9. The number of hydrogen-bond acceptors (Lipinski definition) is 4. The number of anilines is 1. The number of likely N-dealkylation sites (tertiary alicyclic amines) is 1. The fourth-order valence-corrected chi connectivity index (χ4v) is 4.03. The number of nitrogens with zero attached hydrogens (tertiary/aromatic N) is 1. The van der Waals surface area contributed by atoms with Gasteiger partial charge in [-0.15, -0.1) is 0 Å². The summed E-state index contributed by atoms with van der Waals surface area (Å²) in [5.74, 6) is -1.48. The van der Waals surface area contributed by atoms with E-state index in [1.807, 2.05) is 6.92 Å². The molecule has 9 heteroatoms. The molecule has 0 spiro atoms. The number of sulfonamides is 1. The van der Waals surface area contributed by atoms with Gasteiger partial charge in [-0.2, -0.15) is 0 Å². The zero-order valence-electron chi connectivity index (χ0n) is 15.7. The van der Waals surface area contributed by atoms with Crippen molar-refractivity contribution < 1.29 is 23.1 Å². The number of carboxylic acids is 1. The highest BCUT2D eigenvalue weighted by Gasteiger charge is 2.28. The number of piperidine rings is 1. The van der Waals surface area contributed by atoms with Crippen LogP contribution in [0.25, 0.3) is 0 Å². The first-order valence-electron chi connectivity index (χ1n) is 9.13. The standard InChI is InChI=1S/C18H27N3O5S/c1-3-4-9-19-27(25,26)15-8-7-13(2)16(11-15)20-18(24)21-10-5-6-14(12-21)17(22)23/h7-8,11,14,19H,3-6,9-10,12H2,1-2H3,(H,20,24)(H,22,23). The molecule has 1 aliphatic heterocycles. The number of benzene rings is 1. The minimum atomic E-state index is -3.65. The van der Waals surface area contributed by atoms with E-state index in [-0.39, 0.29) is 11.4 Å². The number of nitrogens with one attached hydrogen (secondary N) is 2. The van der Waals surface area contributed by atoms with Gasteiger partial charge in [-0.05, 0) is 43.9 Å². The van der Waals surface area contributed by atoms with Gasteiger partial charge in [-0.3, -0.25) is 4.79 Å². The predicted octanol–water partition coefficient (Wildman–Crippen LogP) is 2.40. The molecule has 1 atom stereocenters. The Morgan fingerprint density at radius 2 is 2.07 bits per heavy atom. The Hall–Kier alpha value is -2.13. The summed E-state index contributed by atoms with van der Waals surface area (Å²) in [4.78, 5) is 25.2. The van der Waals surface area contributed by atoms with Crippen LogP contribution in [0.15, 0.2) is 23.1 Å². The summed E-state index contributed by atoms with van der Waals surface area (Å²) in [6.45, 7) is 4.73. The van der Waals surface area contributed by atoms with E-state index < -0.39 is 27.9 Å². The number of aryl methyl sites for hydroxylation is 1. The molecule has 1 heterocycles. The Kier molecular flexibility index (Phi) is 7.20. The highest BCUT2D eigenvalue weighted by molar-refractivity contribution is 7.89. The van der Waals surface area contributed by atoms with Gasteiger partial charge in [0.1, 0.15) is 0 Å². The van der Waals surface area contributed by atoms with Crippen LogP contribution in [0, 0.1) is 12.8 Å². The number of carbonyl (C=O) groups is 2. The van der Waals surface area contributed by atoms with Gasteiger partial charge in [0.2, 0.25) is 10.0 Å². The second kappa shape index (κ2) is 9.18. The number of aliphatic carboxylic acids is 1. The monoisotopic (exact) mass is 397 g/mol. The van der Waals surface area contributed by atoms with Gasteiger partial charge < -0.3 is 15.3 Å². The fraction of sp³-hybridized carbons (Fsp3) is 0.556. The van der Waals surface area contributed by atoms with Gasteiger partial charge >= 0.3 is 12.0 Å². The van der Waals surface area contributed by atoms with Crippen molar-refractivity contribution in [1.29, 1.82) is 0 Å². The Labute approximate surface area is 160 Å². The predicted molar refractivity (Wildman–Crippen MR) is 102 cm³/mol. The van der Waals surface area contributed by atoms with Crippen molar-refractivity contribution in [3.8, 4) is 0 Å². The molecule has 1 fully saturated rings. The summed E-state index contributed by atoms with van der Waals surface area (Å²) in [5.41, 5.74) is 1.12. The summed E-state index contributed by atoms with van der Waals surface area (Å²) in [6.07, 6.45) is 2.80. The molecule has 1 unspecified atom stereocenters. The molecule has 0 aliphatic carbocycles. The molecule has 150 valence electrons. The van der Waals surface area contributed by atoms with Gasteiger partial charge in [-0.1, -0.05) is 19.4 Å². The zero-order valence-corrected chi connectivity index (χ0v) is 16.5. The number of urea groups is 1. The number of carbonyl (C=O) groups excluding carboxylic acids is 1. The van der Waals surface area contributed by atoms with E-state index in [1.54, 1.807) is 13.0 Å². The normalized spacial score (nSPS) is 17.6. The molecule has 0 saturated carbocycles. The molecule has 1 aromatic rings. The number of unbranched alkanes of at least 4 members (excludes halogenated alkanes) is 1. The van der Waals surface area contributed by atoms with Gasteiger partial charge in [0.15, 0.2) is 0 Å². The number of carboxylic acid groups (broad SMARTS) is 1. The lowest BCUT2D eigenvalue weighted by Gasteiger charge is -2.31. The van der Waals surface area contributed by atoms with Crippen molar-refractivity contribution in [3.63, 3.8) is 0 Å². The van der Waals surface area contributed by atoms with Crippen LogP contribution in [0.3, 0.4) is 0 Å². The van der Waals surface area contributed by atoms with Crippen molar-refractivity contribution in [1.82, 2.24) is 9.62 Å². The Morgan fingerprint density at radius 3 is 2.74 bits per heavy atom. The van der Waals surface area contributed by atoms with Crippen LogP contribution in [0.2, 0.25) is 0 Å². The van der Waals surface area contributed by atoms with Gasteiger partial charge in [0, 0.05) is 25.3 Å². The summed E-state index contributed by atoms with van der Waals surface area (Å²) < 4.78 is 27.3. The second-order valence-electron chi connectivity index (χ2n) is 6.78. The van der Waals surface area contributed by atoms with E-state index in [9.17, 15) is 18.0 Å². The molecule has 2 rings (SSSR count). The van der Waals surface area contributed by atoms with Crippen LogP contribution >= 0.6 is 0 Å². The first kappa shape index (κ1) is 21.2. The van der Waals surface area contributed by atoms with E-state index in [4.69, 9.17) is 5.11 Å². The highest BCUT2D eigenvalue weighted by Crippen LogP contribution is 2.22. The fourth-order valence-electron chi connectivity index (χ4n) is 2.93. The molecule has 1 aliphatic rings. The van der Waals surface area contributed by atoms with Crippen molar-refractivity contribution >= 4 is 27.7 Å². The number of rotatable bonds is 7. The maximum atomic E-state index is 12.5. The smallest absolute Gasteiger partial charge is 0.321 e. The van der Waals surface area contributed by atoms with Gasteiger partial charge in [0.05, 0.1) is 10.8 Å². The summed E-state index contributed by atoms with van der Waals surface area (Å²) >= 11 is 0. The largest absolute Gasteiger partial charge is 0.481 e. The maximum absolute atomic E-state index is 12.5. The third-order valence-corrected chi connectivity index (χ3v) is 6.10. The molecule has 1 saturated heterocycles. The Bertz CT molecular complexity index is 794. The zero-order chi connectivity index (χ0) is 20.0. The lowest BCUT2D eigenvalue weighted by atomic mass is 9.99. The SMILES string of the molecule is CCCCNS(=O)(=O)c1ccc(C)c(NC(=O)N2CCCC(C(=O)O)C2)c1. The molecular formula is C18H27N3O5S. The first-order chi connectivity index (χ1) is 12.7. The number of hydrogen-bond donors (Lipinski definition) is 3. The van der Waals surface area contributed by atoms with Crippen LogP contribution < -0.4 is 10.0 Å². The van der Waals surface area contributed by atoms with Crippen LogP contribution in [-0.2, 0) is 14.8 Å². The molecule has 8 nitrogen and oxygen atoms in total. The summed E-state index contributed by atoms with van der Waals surface area (Å²) in [7, 11) is -3.65. The topological polar surface area (TPSA) is 116 Å². The third-order valence-electron chi connectivity index (χ3n) is 4.64. The first-order valence-corrected chi connectivity index (χ1v) is 10.6. The summed E-state index contributed by atoms with van der Waals surface area (Å²) in [6, 6.07) is 4.15. The third kappa shape index (κ3) is 5.67. The molecule has 2 amide bonds. The number of amides is 2. The van der Waals surface area contributed by atoms with Crippen LogP contribution in [-0.4, -0.2) is 50.1 Å². The van der Waals surface area contributed by atoms with Crippen LogP contribution in [0.5, 0.6) is 0 Å². The highest BCUT2D eigenvalue weighted by atomic mass is 32.2. The quantitative estimate of drug-likeness (QED) is 0.611. The van der Waals surface area contributed by atoms with Gasteiger partial charge in [-0.25, -0.2) is 17.9 Å². The average molecular weight is 397 g/mol. The molecule has 1 aromatic carbocycles.